The summed E-state index contributed by atoms with van der Waals surface area (Å²) in [5.41, 5.74) is 0.669. The van der Waals surface area contributed by atoms with E-state index in [4.69, 9.17) is 9.78 Å². The fraction of sp³-hybridized carbons (Fsp3) is 0.222. The van der Waals surface area contributed by atoms with Crippen molar-refractivity contribution in [2.75, 3.05) is 5.32 Å². The van der Waals surface area contributed by atoms with Gasteiger partial charge in [-0.2, -0.15) is 5.26 Å². The second-order valence-electron chi connectivity index (χ2n) is 3.27. The van der Waals surface area contributed by atoms with E-state index >= 15 is 0 Å². The first kappa shape index (κ1) is 10.8. The van der Waals surface area contributed by atoms with E-state index in [0.29, 0.717) is 5.69 Å². The van der Waals surface area contributed by atoms with Crippen LogP contribution in [0.4, 0.5) is 5.88 Å². The lowest BCUT2D eigenvalue weighted by Gasteiger charge is -2.01. The number of nitriles is 1. The van der Waals surface area contributed by atoms with Crippen LogP contribution in [0.15, 0.2) is 16.9 Å². The highest BCUT2D eigenvalue weighted by molar-refractivity contribution is 5.89. The highest BCUT2D eigenvalue weighted by Gasteiger charge is 2.10. The molecule has 17 heavy (non-hydrogen) atoms. The molecule has 0 bridgehead atoms. The molecule has 0 aliphatic heterocycles. The predicted molar refractivity (Wildman–Crippen MR) is 54.6 cm³/mol. The first-order valence-corrected chi connectivity index (χ1v) is 4.70. The number of hydrogen-bond acceptors (Lipinski definition) is 6. The number of amides is 1. The monoisotopic (exact) mass is 232 g/mol. The fourth-order valence-corrected chi connectivity index (χ4v) is 1.21. The van der Waals surface area contributed by atoms with E-state index in [1.807, 2.05) is 6.07 Å². The third-order valence-corrected chi connectivity index (χ3v) is 1.92. The molecule has 1 N–H and O–H groups in total. The Morgan fingerprint density at radius 2 is 2.53 bits per heavy atom. The number of carbonyl (C=O) groups excluding carboxylic acids is 1. The SMILES string of the molecule is Cc1cc(NC(=O)Cn2cnnc2C#N)on1. The van der Waals surface area contributed by atoms with Crippen molar-refractivity contribution in [3.05, 3.63) is 23.9 Å². The number of rotatable bonds is 3. The van der Waals surface area contributed by atoms with Crippen LogP contribution in [0.1, 0.15) is 11.5 Å². The predicted octanol–water partition coefficient (Wildman–Crippen LogP) is 0.0849. The lowest BCUT2D eigenvalue weighted by molar-refractivity contribution is -0.116. The second-order valence-corrected chi connectivity index (χ2v) is 3.27. The molecule has 0 aliphatic rings. The summed E-state index contributed by atoms with van der Waals surface area (Å²) in [4.78, 5) is 11.6. The van der Waals surface area contributed by atoms with Crippen molar-refractivity contribution in [3.63, 3.8) is 0 Å². The zero-order valence-electron chi connectivity index (χ0n) is 8.91. The molecule has 0 unspecified atom stereocenters. The molecular weight excluding hydrogens is 224 g/mol. The number of anilines is 1. The number of hydrogen-bond donors (Lipinski definition) is 1. The molecule has 0 saturated carbocycles. The van der Waals surface area contributed by atoms with Crippen molar-refractivity contribution in [2.24, 2.45) is 0 Å². The molecule has 8 nitrogen and oxygen atoms in total. The van der Waals surface area contributed by atoms with Crippen molar-refractivity contribution in [2.45, 2.75) is 13.5 Å². The molecule has 2 heterocycles. The Hall–Kier alpha value is -2.69. The minimum absolute atomic E-state index is 0.0599. The van der Waals surface area contributed by atoms with Gasteiger partial charge in [0.05, 0.1) is 5.69 Å². The first-order chi connectivity index (χ1) is 8.19. The average Bonchev–Trinajstić information content (AvgIpc) is 2.87. The van der Waals surface area contributed by atoms with Gasteiger partial charge in [-0.05, 0) is 6.92 Å². The van der Waals surface area contributed by atoms with Gasteiger partial charge < -0.3 is 4.52 Å². The fourth-order valence-electron chi connectivity index (χ4n) is 1.21. The molecule has 1 amide bonds. The number of aryl methyl sites for hydroxylation is 1. The van der Waals surface area contributed by atoms with Crippen molar-refractivity contribution in [1.29, 1.82) is 5.26 Å². The van der Waals surface area contributed by atoms with Gasteiger partial charge >= 0.3 is 0 Å². The van der Waals surface area contributed by atoms with Gasteiger partial charge in [-0.1, -0.05) is 5.16 Å². The minimum Gasteiger partial charge on any atom is -0.338 e. The number of nitrogens with zero attached hydrogens (tertiary/aromatic N) is 5. The molecule has 0 spiro atoms. The molecule has 2 aromatic heterocycles. The summed E-state index contributed by atoms with van der Waals surface area (Å²) in [6.07, 6.45) is 1.31. The van der Waals surface area contributed by atoms with Crippen molar-refractivity contribution < 1.29 is 9.32 Å². The normalized spacial score (nSPS) is 9.88. The number of aromatic nitrogens is 4. The Labute approximate surface area is 95.8 Å². The zero-order valence-corrected chi connectivity index (χ0v) is 8.91. The molecule has 0 aromatic carbocycles. The molecule has 0 atom stereocenters. The standard InChI is InChI=1S/C9H8N6O2/c1-6-2-9(17-14-6)12-8(16)4-15-5-11-13-7(15)3-10/h2,5H,4H2,1H3,(H,12,16). The number of carbonyl (C=O) groups is 1. The summed E-state index contributed by atoms with van der Waals surface area (Å²) in [6, 6.07) is 3.42. The van der Waals surface area contributed by atoms with Gasteiger partial charge in [0.25, 0.3) is 0 Å². The van der Waals surface area contributed by atoms with E-state index in [2.05, 4.69) is 20.7 Å². The molecule has 0 aliphatic carbocycles. The highest BCUT2D eigenvalue weighted by atomic mass is 16.5. The highest BCUT2D eigenvalue weighted by Crippen LogP contribution is 2.08. The average molecular weight is 232 g/mol. The summed E-state index contributed by atoms with van der Waals surface area (Å²) in [7, 11) is 0. The van der Waals surface area contributed by atoms with Crippen LogP contribution in [0, 0.1) is 18.3 Å². The summed E-state index contributed by atoms with van der Waals surface area (Å²) < 4.78 is 6.16. The third kappa shape index (κ3) is 2.46. The molecule has 2 rings (SSSR count). The Morgan fingerprint density at radius 3 is 3.18 bits per heavy atom. The maximum atomic E-state index is 11.6. The van der Waals surface area contributed by atoms with Crippen LogP contribution in [-0.2, 0) is 11.3 Å². The summed E-state index contributed by atoms with van der Waals surface area (Å²) >= 11 is 0. The van der Waals surface area contributed by atoms with Crippen LogP contribution in [0.25, 0.3) is 0 Å². The quantitative estimate of drug-likeness (QED) is 0.802. The van der Waals surface area contributed by atoms with Crippen molar-refractivity contribution in [3.8, 4) is 6.07 Å². The van der Waals surface area contributed by atoms with Crippen molar-refractivity contribution >= 4 is 11.8 Å². The Kier molecular flexibility index (Phi) is 2.83. The van der Waals surface area contributed by atoms with Gasteiger partial charge in [-0.3, -0.25) is 14.7 Å². The van der Waals surface area contributed by atoms with Crippen LogP contribution in [0.5, 0.6) is 0 Å². The van der Waals surface area contributed by atoms with Gasteiger partial charge in [0.2, 0.25) is 17.6 Å². The molecule has 0 fully saturated rings. The van der Waals surface area contributed by atoms with Crippen LogP contribution < -0.4 is 5.32 Å². The smallest absolute Gasteiger partial charge is 0.246 e. The van der Waals surface area contributed by atoms with Crippen LogP contribution in [-0.4, -0.2) is 25.8 Å². The molecule has 8 heteroatoms. The maximum absolute atomic E-state index is 11.6. The Bertz CT molecular complexity index is 578. The topological polar surface area (TPSA) is 110 Å². The van der Waals surface area contributed by atoms with Crippen LogP contribution in [0.2, 0.25) is 0 Å². The van der Waals surface area contributed by atoms with Gasteiger partial charge in [0.15, 0.2) is 0 Å². The van der Waals surface area contributed by atoms with E-state index in [0.717, 1.165) is 0 Å². The number of nitrogens with one attached hydrogen (secondary N) is 1. The van der Waals surface area contributed by atoms with Gasteiger partial charge in [0, 0.05) is 6.07 Å². The molecule has 0 saturated heterocycles. The third-order valence-electron chi connectivity index (χ3n) is 1.92. The van der Waals surface area contributed by atoms with Gasteiger partial charge in [-0.15, -0.1) is 10.2 Å². The maximum Gasteiger partial charge on any atom is 0.246 e. The lowest BCUT2D eigenvalue weighted by atomic mass is 10.4. The summed E-state index contributed by atoms with van der Waals surface area (Å²) in [5.74, 6) is -0.00886. The molecule has 0 radical (unpaired) electrons. The molecule has 2 aromatic rings. The zero-order chi connectivity index (χ0) is 12.3. The molecular formula is C9H8N6O2. The second kappa shape index (κ2) is 4.44. The summed E-state index contributed by atoms with van der Waals surface area (Å²) in [6.45, 7) is 1.68. The molecule has 86 valence electrons. The largest absolute Gasteiger partial charge is 0.338 e. The van der Waals surface area contributed by atoms with Crippen LogP contribution in [0.3, 0.4) is 0 Å². The van der Waals surface area contributed by atoms with Gasteiger partial charge in [-0.25, -0.2) is 0 Å². The Morgan fingerprint density at radius 1 is 1.71 bits per heavy atom. The van der Waals surface area contributed by atoms with E-state index in [1.54, 1.807) is 13.0 Å². The summed E-state index contributed by atoms with van der Waals surface area (Å²) in [5, 5.41) is 21.9. The first-order valence-electron chi connectivity index (χ1n) is 4.70. The minimum atomic E-state index is -0.350. The van der Waals surface area contributed by atoms with E-state index < -0.39 is 0 Å². The van der Waals surface area contributed by atoms with E-state index in [9.17, 15) is 4.79 Å². The van der Waals surface area contributed by atoms with E-state index in [1.165, 1.54) is 10.9 Å². The van der Waals surface area contributed by atoms with Gasteiger partial charge in [0.1, 0.15) is 18.9 Å². The Balaban J connectivity index is 2.01. The van der Waals surface area contributed by atoms with Crippen LogP contribution >= 0.6 is 0 Å². The van der Waals surface area contributed by atoms with E-state index in [-0.39, 0.29) is 24.2 Å². The van der Waals surface area contributed by atoms with Crippen molar-refractivity contribution in [1.82, 2.24) is 19.9 Å². The lowest BCUT2D eigenvalue weighted by Crippen LogP contribution is -2.18.